The number of para-hydroxylation sites is 3. The summed E-state index contributed by atoms with van der Waals surface area (Å²) in [5.74, 6) is 1.44. The zero-order valence-corrected chi connectivity index (χ0v) is 15.6. The van der Waals surface area contributed by atoms with Crippen molar-refractivity contribution in [2.75, 3.05) is 13.7 Å². The number of benzene rings is 2. The van der Waals surface area contributed by atoms with Gasteiger partial charge >= 0.3 is 0 Å². The fourth-order valence-corrected chi connectivity index (χ4v) is 3.27. The Morgan fingerprint density at radius 3 is 2.58 bits per heavy atom. The predicted octanol–water partition coefficient (Wildman–Crippen LogP) is 2.82. The van der Waals surface area contributed by atoms with Crippen molar-refractivity contribution in [2.45, 2.75) is 32.7 Å². The molecule has 0 saturated carbocycles. The highest BCUT2D eigenvalue weighted by atomic mass is 16.5. The summed E-state index contributed by atoms with van der Waals surface area (Å²) < 4.78 is 7.24. The summed E-state index contributed by atoms with van der Waals surface area (Å²) in [5, 5.41) is 2.88. The fourth-order valence-electron chi connectivity index (χ4n) is 3.27. The summed E-state index contributed by atoms with van der Waals surface area (Å²) in [7, 11) is 1.62. The van der Waals surface area contributed by atoms with Gasteiger partial charge in [0.25, 0.3) is 5.56 Å². The van der Waals surface area contributed by atoms with Gasteiger partial charge in [0.1, 0.15) is 11.8 Å². The average Bonchev–Trinajstić information content (AvgIpc) is 2.69. The number of nitrogens with two attached hydrogens (primary N) is 1. The van der Waals surface area contributed by atoms with E-state index in [1.807, 2.05) is 48.5 Å². The number of aromatic nitrogens is 2. The summed E-state index contributed by atoms with van der Waals surface area (Å²) in [6, 6.07) is 15.2. The van der Waals surface area contributed by atoms with E-state index in [1.54, 1.807) is 11.7 Å². The van der Waals surface area contributed by atoms with Crippen molar-refractivity contribution in [1.82, 2.24) is 9.55 Å². The Balaban J connectivity index is 2.32. The number of rotatable bonds is 7. The predicted molar refractivity (Wildman–Crippen MR) is 104 cm³/mol. The first kappa shape index (κ1) is 18.1. The second-order valence-corrected chi connectivity index (χ2v) is 6.34. The van der Waals surface area contributed by atoms with E-state index in [9.17, 15) is 4.79 Å². The first-order chi connectivity index (χ1) is 12.7. The molecule has 0 aliphatic carbocycles. The second kappa shape index (κ2) is 8.15. The quantitative estimate of drug-likeness (QED) is 0.711. The molecule has 136 valence electrons. The highest BCUT2D eigenvalue weighted by Crippen LogP contribution is 2.25. The Bertz CT molecular complexity index is 949. The van der Waals surface area contributed by atoms with Crippen LogP contribution in [0.4, 0.5) is 0 Å². The van der Waals surface area contributed by atoms with Crippen LogP contribution in [0.2, 0.25) is 0 Å². The Kier molecular flexibility index (Phi) is 5.68. The number of methoxy groups -OCH3 is 1. The standard InChI is InChI=1S/C21H25N3O2/c1-4-14-22-16(5-2)20-23-17-11-7-6-10-15(17)21(25)24(20)18-12-8-9-13-19(18)26-3/h6-13,16,22H,4-5,14H2,1-3H3/p+1/t16-/m0/s1. The normalized spacial score (nSPS) is 12.3. The van der Waals surface area contributed by atoms with Gasteiger partial charge in [0.2, 0.25) is 0 Å². The lowest BCUT2D eigenvalue weighted by Gasteiger charge is -2.20. The molecule has 0 amide bonds. The van der Waals surface area contributed by atoms with Crippen molar-refractivity contribution in [3.05, 3.63) is 64.7 Å². The smallest absolute Gasteiger partial charge is 0.266 e. The SMILES string of the molecule is CCC[NH2+][C@@H](CC)c1nc2ccccc2c(=O)n1-c1ccccc1OC. The zero-order valence-electron chi connectivity index (χ0n) is 15.6. The van der Waals surface area contributed by atoms with Crippen LogP contribution in [0.3, 0.4) is 0 Å². The van der Waals surface area contributed by atoms with Gasteiger partial charge in [-0.05, 0) is 30.7 Å². The van der Waals surface area contributed by atoms with Gasteiger partial charge in [0, 0.05) is 6.42 Å². The van der Waals surface area contributed by atoms with Gasteiger partial charge in [-0.25, -0.2) is 4.98 Å². The van der Waals surface area contributed by atoms with E-state index in [4.69, 9.17) is 9.72 Å². The molecule has 5 heteroatoms. The van der Waals surface area contributed by atoms with Crippen LogP contribution in [0.15, 0.2) is 53.3 Å². The van der Waals surface area contributed by atoms with Gasteiger partial charge in [-0.1, -0.05) is 38.1 Å². The highest BCUT2D eigenvalue weighted by Gasteiger charge is 2.23. The third-order valence-electron chi connectivity index (χ3n) is 4.64. The van der Waals surface area contributed by atoms with Crippen LogP contribution in [0.1, 0.15) is 38.6 Å². The molecule has 26 heavy (non-hydrogen) atoms. The van der Waals surface area contributed by atoms with Crippen LogP contribution < -0.4 is 15.6 Å². The Hall–Kier alpha value is -2.66. The zero-order chi connectivity index (χ0) is 18.5. The van der Waals surface area contributed by atoms with Crippen molar-refractivity contribution in [3.8, 4) is 11.4 Å². The molecular weight excluding hydrogens is 326 g/mol. The molecule has 0 aliphatic rings. The number of fused-ring (bicyclic) bond motifs is 1. The van der Waals surface area contributed by atoms with Crippen molar-refractivity contribution in [3.63, 3.8) is 0 Å². The van der Waals surface area contributed by atoms with Crippen LogP contribution >= 0.6 is 0 Å². The Labute approximate surface area is 153 Å². The maximum Gasteiger partial charge on any atom is 0.266 e. The largest absolute Gasteiger partial charge is 0.495 e. The molecule has 0 fully saturated rings. The van der Waals surface area contributed by atoms with Crippen molar-refractivity contribution in [2.24, 2.45) is 0 Å². The molecule has 1 atom stereocenters. The highest BCUT2D eigenvalue weighted by molar-refractivity contribution is 5.78. The van der Waals surface area contributed by atoms with Crippen LogP contribution in [0, 0.1) is 0 Å². The van der Waals surface area contributed by atoms with Gasteiger partial charge in [-0.3, -0.25) is 9.36 Å². The Morgan fingerprint density at radius 1 is 1.12 bits per heavy atom. The molecule has 2 aromatic carbocycles. The monoisotopic (exact) mass is 352 g/mol. The van der Waals surface area contributed by atoms with Crippen LogP contribution in [0.5, 0.6) is 5.75 Å². The number of hydrogen-bond acceptors (Lipinski definition) is 3. The van der Waals surface area contributed by atoms with Gasteiger partial charge in [0.05, 0.1) is 30.2 Å². The molecular formula is C21H26N3O2+. The van der Waals surface area contributed by atoms with Crippen LogP contribution in [0.25, 0.3) is 16.6 Å². The molecule has 5 nitrogen and oxygen atoms in total. The molecule has 3 aromatic rings. The summed E-state index contributed by atoms with van der Waals surface area (Å²) >= 11 is 0. The second-order valence-electron chi connectivity index (χ2n) is 6.34. The van der Waals surface area contributed by atoms with Gasteiger partial charge in [-0.2, -0.15) is 0 Å². The molecule has 0 aliphatic heterocycles. The van der Waals surface area contributed by atoms with Crippen molar-refractivity contribution in [1.29, 1.82) is 0 Å². The number of nitrogens with zero attached hydrogens (tertiary/aromatic N) is 2. The molecule has 0 saturated heterocycles. The lowest BCUT2D eigenvalue weighted by molar-refractivity contribution is -0.697. The first-order valence-electron chi connectivity index (χ1n) is 9.19. The van der Waals surface area contributed by atoms with Crippen LogP contribution in [-0.2, 0) is 0 Å². The van der Waals surface area contributed by atoms with E-state index in [-0.39, 0.29) is 11.6 Å². The van der Waals surface area contributed by atoms with Crippen LogP contribution in [-0.4, -0.2) is 23.2 Å². The maximum absolute atomic E-state index is 13.4. The van der Waals surface area contributed by atoms with E-state index in [0.29, 0.717) is 11.1 Å². The summed E-state index contributed by atoms with van der Waals surface area (Å²) in [6.45, 7) is 5.28. The third kappa shape index (κ3) is 3.35. The van der Waals surface area contributed by atoms with E-state index < -0.39 is 0 Å². The summed E-state index contributed by atoms with van der Waals surface area (Å²) in [6.07, 6.45) is 1.96. The van der Waals surface area contributed by atoms with E-state index >= 15 is 0 Å². The molecule has 1 heterocycles. The first-order valence-corrected chi connectivity index (χ1v) is 9.19. The third-order valence-corrected chi connectivity index (χ3v) is 4.64. The van der Waals surface area contributed by atoms with E-state index in [2.05, 4.69) is 19.2 Å². The minimum absolute atomic E-state index is 0.0570. The number of quaternary nitrogens is 1. The fraction of sp³-hybridized carbons (Fsp3) is 0.333. The minimum Gasteiger partial charge on any atom is -0.495 e. The van der Waals surface area contributed by atoms with E-state index in [1.165, 1.54) is 0 Å². The van der Waals surface area contributed by atoms with E-state index in [0.717, 1.165) is 36.4 Å². The minimum atomic E-state index is -0.0570. The Morgan fingerprint density at radius 2 is 1.85 bits per heavy atom. The van der Waals surface area contributed by atoms with Gasteiger partial charge in [0.15, 0.2) is 5.82 Å². The molecule has 2 N–H and O–H groups in total. The number of hydrogen-bond donors (Lipinski definition) is 1. The topological polar surface area (TPSA) is 60.7 Å². The molecule has 0 unspecified atom stereocenters. The molecule has 0 radical (unpaired) electrons. The molecule has 3 rings (SSSR count). The average molecular weight is 352 g/mol. The maximum atomic E-state index is 13.4. The van der Waals surface area contributed by atoms with Crippen molar-refractivity contribution < 1.29 is 10.1 Å². The molecule has 0 bridgehead atoms. The molecule has 0 spiro atoms. The number of ether oxygens (including phenoxy) is 1. The summed E-state index contributed by atoms with van der Waals surface area (Å²) in [5.41, 5.74) is 1.41. The molecule has 1 aromatic heterocycles. The van der Waals surface area contributed by atoms with Crippen molar-refractivity contribution >= 4 is 10.9 Å². The lowest BCUT2D eigenvalue weighted by Crippen LogP contribution is -2.85. The summed E-state index contributed by atoms with van der Waals surface area (Å²) in [4.78, 5) is 18.3. The van der Waals surface area contributed by atoms with Gasteiger partial charge in [-0.15, -0.1) is 0 Å². The van der Waals surface area contributed by atoms with Gasteiger partial charge < -0.3 is 10.1 Å². The lowest BCUT2D eigenvalue weighted by atomic mass is 10.1.